The highest BCUT2D eigenvalue weighted by Crippen LogP contribution is 2.32. The molecule has 1 aromatic rings. The molecule has 4 N–H and O–H groups in total. The minimum absolute atomic E-state index is 0.268. The summed E-state index contributed by atoms with van der Waals surface area (Å²) in [6.07, 6.45) is 7.59. The monoisotopic (exact) mass is 333 g/mol. The summed E-state index contributed by atoms with van der Waals surface area (Å²) in [6.45, 7) is 0.268. The lowest BCUT2D eigenvalue weighted by atomic mass is 10.2. The topological polar surface area (TPSA) is 136 Å². The van der Waals surface area contributed by atoms with E-state index in [1.54, 1.807) is 12.2 Å². The lowest BCUT2D eigenvalue weighted by molar-refractivity contribution is -0.134. The number of allylic oxidation sites excluding steroid dienone is 2. The molecule has 0 atom stereocenters. The van der Waals surface area contributed by atoms with Crippen LogP contribution in [0.1, 0.15) is 5.56 Å². The van der Waals surface area contributed by atoms with Crippen LogP contribution in [0.25, 0.3) is 6.08 Å². The van der Waals surface area contributed by atoms with E-state index < -0.39 is 17.8 Å². The number of carboxylic acid groups (broad SMARTS) is 2. The molecule has 0 fully saturated rings. The molecule has 0 unspecified atom stereocenters. The second-order valence-electron chi connectivity index (χ2n) is 4.24. The number of carboxylic acids is 2. The predicted octanol–water partition coefficient (Wildman–Crippen LogP) is 1.18. The standard InChI is InChI=1S/C12H11NO3.C4H4O4/c13-12(14)4-2-1-3-9-5-6-10-11(7-9)16-8-15-10;5-3(6)1-2-4(7)8/h1-7H,8H2,(H2,13,14);1-2H,(H,5,6)(H,7,8). The summed E-state index contributed by atoms with van der Waals surface area (Å²) in [4.78, 5) is 29.5. The average molecular weight is 333 g/mol. The highest BCUT2D eigenvalue weighted by molar-refractivity contribution is 5.89. The zero-order valence-electron chi connectivity index (χ0n) is 12.4. The van der Waals surface area contributed by atoms with Gasteiger partial charge in [-0.25, -0.2) is 9.59 Å². The molecule has 1 aliphatic heterocycles. The van der Waals surface area contributed by atoms with Crippen LogP contribution >= 0.6 is 0 Å². The molecule has 1 aromatic carbocycles. The Labute approximate surface area is 137 Å². The Morgan fingerprint density at radius 3 is 2.17 bits per heavy atom. The Kier molecular flexibility index (Phi) is 7.29. The Bertz CT molecular complexity index is 688. The van der Waals surface area contributed by atoms with Crippen molar-refractivity contribution in [3.05, 3.63) is 54.1 Å². The Morgan fingerprint density at radius 2 is 1.58 bits per heavy atom. The molecular weight excluding hydrogens is 318 g/mol. The van der Waals surface area contributed by atoms with E-state index in [9.17, 15) is 14.4 Å². The van der Waals surface area contributed by atoms with Gasteiger partial charge in [0.2, 0.25) is 12.7 Å². The molecular formula is C16H15NO7. The van der Waals surface area contributed by atoms with Crippen molar-refractivity contribution < 1.29 is 34.1 Å². The average Bonchev–Trinajstić information content (AvgIpc) is 2.97. The molecule has 0 radical (unpaired) electrons. The molecule has 0 saturated heterocycles. The van der Waals surface area contributed by atoms with E-state index in [1.807, 2.05) is 24.3 Å². The van der Waals surface area contributed by atoms with Gasteiger partial charge in [-0.3, -0.25) is 4.79 Å². The van der Waals surface area contributed by atoms with Crippen LogP contribution in [0.4, 0.5) is 0 Å². The summed E-state index contributed by atoms with van der Waals surface area (Å²) in [6, 6.07) is 5.62. The third kappa shape index (κ3) is 7.46. The van der Waals surface area contributed by atoms with Crippen LogP contribution in [0, 0.1) is 0 Å². The smallest absolute Gasteiger partial charge is 0.328 e. The second-order valence-corrected chi connectivity index (χ2v) is 4.24. The SMILES string of the molecule is NC(=O)C=CC=Cc1ccc2c(c1)OCO2.O=C(O)C=CC(=O)O. The molecule has 8 heteroatoms. The van der Waals surface area contributed by atoms with Crippen LogP contribution in [-0.4, -0.2) is 34.9 Å². The molecule has 8 nitrogen and oxygen atoms in total. The van der Waals surface area contributed by atoms with Crippen LogP contribution in [0.3, 0.4) is 0 Å². The highest BCUT2D eigenvalue weighted by atomic mass is 16.7. The number of aliphatic carboxylic acids is 2. The summed E-state index contributed by atoms with van der Waals surface area (Å²) in [5.41, 5.74) is 5.92. The summed E-state index contributed by atoms with van der Waals surface area (Å²) in [5.74, 6) is -1.49. The van der Waals surface area contributed by atoms with Crippen molar-refractivity contribution in [3.8, 4) is 11.5 Å². The second kappa shape index (κ2) is 9.46. The number of carbonyl (C=O) groups is 3. The van der Waals surface area contributed by atoms with Gasteiger partial charge < -0.3 is 25.4 Å². The van der Waals surface area contributed by atoms with E-state index in [1.165, 1.54) is 6.08 Å². The Morgan fingerprint density at radius 1 is 0.958 bits per heavy atom. The van der Waals surface area contributed by atoms with E-state index in [-0.39, 0.29) is 6.79 Å². The maximum Gasteiger partial charge on any atom is 0.328 e. The van der Waals surface area contributed by atoms with Gasteiger partial charge in [-0.1, -0.05) is 24.3 Å². The number of hydrogen-bond acceptors (Lipinski definition) is 5. The maximum absolute atomic E-state index is 10.4. The van der Waals surface area contributed by atoms with E-state index in [0.717, 1.165) is 17.1 Å². The van der Waals surface area contributed by atoms with Crippen molar-refractivity contribution >= 4 is 23.9 Å². The third-order valence-corrected chi connectivity index (χ3v) is 2.43. The first-order chi connectivity index (χ1) is 11.4. The van der Waals surface area contributed by atoms with Crippen LogP contribution in [0.5, 0.6) is 11.5 Å². The fourth-order valence-corrected chi connectivity index (χ4v) is 1.48. The normalized spacial score (nSPS) is 12.3. The van der Waals surface area contributed by atoms with E-state index in [4.69, 9.17) is 25.4 Å². The zero-order valence-corrected chi connectivity index (χ0v) is 12.4. The molecule has 0 spiro atoms. The van der Waals surface area contributed by atoms with Gasteiger partial charge in [-0.15, -0.1) is 0 Å². The number of nitrogens with two attached hydrogens (primary N) is 1. The molecule has 0 bridgehead atoms. The van der Waals surface area contributed by atoms with Gasteiger partial charge in [0.1, 0.15) is 0 Å². The molecule has 0 aliphatic carbocycles. The first-order valence-corrected chi connectivity index (χ1v) is 6.56. The molecule has 0 saturated carbocycles. The molecule has 126 valence electrons. The van der Waals surface area contributed by atoms with E-state index in [2.05, 4.69) is 0 Å². The van der Waals surface area contributed by atoms with Crippen molar-refractivity contribution in [1.82, 2.24) is 0 Å². The Balaban J connectivity index is 0.000000307. The van der Waals surface area contributed by atoms with Crippen LogP contribution in [0.2, 0.25) is 0 Å². The quantitative estimate of drug-likeness (QED) is 0.543. The first kappa shape index (κ1) is 18.5. The summed E-state index contributed by atoms with van der Waals surface area (Å²) in [7, 11) is 0. The van der Waals surface area contributed by atoms with Crippen molar-refractivity contribution in [2.24, 2.45) is 5.73 Å². The third-order valence-electron chi connectivity index (χ3n) is 2.43. The number of benzene rings is 1. The van der Waals surface area contributed by atoms with E-state index in [0.29, 0.717) is 12.2 Å². The molecule has 24 heavy (non-hydrogen) atoms. The molecule has 1 amide bonds. The number of fused-ring (bicyclic) bond motifs is 1. The fourth-order valence-electron chi connectivity index (χ4n) is 1.48. The minimum atomic E-state index is -1.26. The largest absolute Gasteiger partial charge is 0.478 e. The minimum Gasteiger partial charge on any atom is -0.478 e. The van der Waals surface area contributed by atoms with Crippen LogP contribution < -0.4 is 15.2 Å². The van der Waals surface area contributed by atoms with E-state index >= 15 is 0 Å². The summed E-state index contributed by atoms with van der Waals surface area (Å²) in [5, 5.41) is 15.6. The molecule has 0 aromatic heterocycles. The summed E-state index contributed by atoms with van der Waals surface area (Å²) < 4.78 is 10.4. The number of ether oxygens (including phenoxy) is 2. The zero-order chi connectivity index (χ0) is 17.9. The predicted molar refractivity (Wildman–Crippen MR) is 84.3 cm³/mol. The first-order valence-electron chi connectivity index (χ1n) is 6.56. The lowest BCUT2D eigenvalue weighted by Gasteiger charge is -1.96. The van der Waals surface area contributed by atoms with Crippen molar-refractivity contribution in [2.45, 2.75) is 0 Å². The summed E-state index contributed by atoms with van der Waals surface area (Å²) >= 11 is 0. The van der Waals surface area contributed by atoms with Crippen molar-refractivity contribution in [3.63, 3.8) is 0 Å². The van der Waals surface area contributed by atoms with Gasteiger partial charge in [-0.05, 0) is 17.7 Å². The van der Waals surface area contributed by atoms with Crippen LogP contribution in [0.15, 0.2) is 48.6 Å². The van der Waals surface area contributed by atoms with Gasteiger partial charge in [-0.2, -0.15) is 0 Å². The molecule has 1 aliphatic rings. The van der Waals surface area contributed by atoms with Crippen molar-refractivity contribution in [2.75, 3.05) is 6.79 Å². The number of rotatable bonds is 5. The number of amides is 1. The molecule has 1 heterocycles. The molecule has 2 rings (SSSR count). The van der Waals surface area contributed by atoms with Gasteiger partial charge in [0, 0.05) is 18.2 Å². The van der Waals surface area contributed by atoms with Gasteiger partial charge in [0.25, 0.3) is 0 Å². The fraction of sp³-hybridized carbons (Fsp3) is 0.0625. The van der Waals surface area contributed by atoms with Crippen LogP contribution in [-0.2, 0) is 14.4 Å². The number of hydrogen-bond donors (Lipinski definition) is 3. The maximum atomic E-state index is 10.4. The lowest BCUT2D eigenvalue weighted by Crippen LogP contribution is -2.04. The number of carbonyl (C=O) groups excluding carboxylic acids is 1. The van der Waals surface area contributed by atoms with Gasteiger partial charge in [0.05, 0.1) is 0 Å². The van der Waals surface area contributed by atoms with Gasteiger partial charge in [0.15, 0.2) is 11.5 Å². The van der Waals surface area contributed by atoms with Gasteiger partial charge >= 0.3 is 11.9 Å². The number of primary amides is 1. The van der Waals surface area contributed by atoms with Crippen molar-refractivity contribution in [1.29, 1.82) is 0 Å². The Hall–Kier alpha value is -3.55. The highest BCUT2D eigenvalue weighted by Gasteiger charge is 2.11.